The molecule has 1 heterocycles. The molecule has 1 saturated heterocycles. The van der Waals surface area contributed by atoms with Crippen molar-refractivity contribution in [1.29, 1.82) is 0 Å². The van der Waals surface area contributed by atoms with E-state index in [0.717, 1.165) is 19.3 Å². The van der Waals surface area contributed by atoms with Gasteiger partial charge in [-0.1, -0.05) is 0 Å². The van der Waals surface area contributed by atoms with Crippen LogP contribution in [0.3, 0.4) is 0 Å². The predicted molar refractivity (Wildman–Crippen MR) is 63.7 cm³/mol. The van der Waals surface area contributed by atoms with Crippen LogP contribution in [0.4, 0.5) is 0 Å². The van der Waals surface area contributed by atoms with Crippen LogP contribution in [0.2, 0.25) is 0 Å². The second-order valence-electron chi connectivity index (χ2n) is 4.01. The van der Waals surface area contributed by atoms with Crippen molar-refractivity contribution in [2.24, 2.45) is 5.73 Å². The summed E-state index contributed by atoms with van der Waals surface area (Å²) >= 11 is 0. The highest BCUT2D eigenvalue weighted by Gasteiger charge is 2.26. The first kappa shape index (κ1) is 13.9. The van der Waals surface area contributed by atoms with E-state index in [4.69, 9.17) is 10.5 Å². The van der Waals surface area contributed by atoms with E-state index in [0.29, 0.717) is 26.2 Å². The van der Waals surface area contributed by atoms with Crippen LogP contribution >= 0.6 is 0 Å². The average Bonchev–Trinajstić information content (AvgIpc) is 2.30. The lowest BCUT2D eigenvalue weighted by molar-refractivity contribution is 0.0209. The number of piperidine rings is 1. The van der Waals surface area contributed by atoms with Crippen molar-refractivity contribution in [1.82, 2.24) is 4.31 Å². The van der Waals surface area contributed by atoms with E-state index in [1.165, 1.54) is 0 Å². The van der Waals surface area contributed by atoms with Crippen molar-refractivity contribution < 1.29 is 13.2 Å². The standard InChI is InChI=1S/C10H22N2O3S/c1-2-16(13,14)12-7-4-10(5-8-12)15-9-3-6-11/h10H,2-9,11H2,1H3. The number of rotatable bonds is 6. The Balaban J connectivity index is 2.29. The van der Waals surface area contributed by atoms with Gasteiger partial charge in [-0.25, -0.2) is 12.7 Å². The molecule has 0 aliphatic carbocycles. The molecule has 0 amide bonds. The van der Waals surface area contributed by atoms with Crippen molar-refractivity contribution in [3.63, 3.8) is 0 Å². The van der Waals surface area contributed by atoms with Crippen LogP contribution in [0.1, 0.15) is 26.2 Å². The summed E-state index contributed by atoms with van der Waals surface area (Å²) in [5.74, 6) is 0.186. The molecule has 2 N–H and O–H groups in total. The third kappa shape index (κ3) is 4.01. The van der Waals surface area contributed by atoms with Gasteiger partial charge in [0.1, 0.15) is 0 Å². The highest BCUT2D eigenvalue weighted by Crippen LogP contribution is 2.16. The summed E-state index contributed by atoms with van der Waals surface area (Å²) in [6.07, 6.45) is 2.66. The minimum atomic E-state index is -3.01. The van der Waals surface area contributed by atoms with Crippen molar-refractivity contribution in [2.45, 2.75) is 32.3 Å². The Morgan fingerprint density at radius 2 is 2.00 bits per heavy atom. The minimum Gasteiger partial charge on any atom is -0.378 e. The third-order valence-corrected chi connectivity index (χ3v) is 4.74. The molecule has 96 valence electrons. The zero-order valence-electron chi connectivity index (χ0n) is 9.89. The van der Waals surface area contributed by atoms with Gasteiger partial charge in [0, 0.05) is 19.7 Å². The van der Waals surface area contributed by atoms with Crippen LogP contribution in [-0.4, -0.2) is 50.8 Å². The first-order chi connectivity index (χ1) is 7.60. The molecule has 6 heteroatoms. The number of sulfonamides is 1. The van der Waals surface area contributed by atoms with Gasteiger partial charge in [-0.15, -0.1) is 0 Å². The Morgan fingerprint density at radius 3 is 2.50 bits per heavy atom. The molecule has 0 aromatic rings. The zero-order valence-corrected chi connectivity index (χ0v) is 10.7. The van der Waals surface area contributed by atoms with E-state index in [9.17, 15) is 8.42 Å². The maximum Gasteiger partial charge on any atom is 0.213 e. The average molecular weight is 250 g/mol. The van der Waals surface area contributed by atoms with Crippen LogP contribution in [-0.2, 0) is 14.8 Å². The van der Waals surface area contributed by atoms with Gasteiger partial charge in [0.05, 0.1) is 11.9 Å². The largest absolute Gasteiger partial charge is 0.378 e. The smallest absolute Gasteiger partial charge is 0.213 e. The van der Waals surface area contributed by atoms with E-state index in [2.05, 4.69) is 0 Å². The molecule has 0 aromatic carbocycles. The molecule has 0 unspecified atom stereocenters. The molecule has 0 saturated carbocycles. The number of hydrogen-bond acceptors (Lipinski definition) is 4. The predicted octanol–water partition coefficient (Wildman–Crippen LogP) is 0.166. The zero-order chi connectivity index (χ0) is 12.0. The summed E-state index contributed by atoms with van der Waals surface area (Å²) in [4.78, 5) is 0. The molecule has 0 spiro atoms. The number of nitrogens with zero attached hydrogens (tertiary/aromatic N) is 1. The summed E-state index contributed by atoms with van der Waals surface area (Å²) in [5, 5.41) is 0. The van der Waals surface area contributed by atoms with Crippen LogP contribution in [0.15, 0.2) is 0 Å². The Morgan fingerprint density at radius 1 is 1.38 bits per heavy atom. The first-order valence-electron chi connectivity index (χ1n) is 5.89. The van der Waals surface area contributed by atoms with E-state index in [-0.39, 0.29) is 11.9 Å². The highest BCUT2D eigenvalue weighted by atomic mass is 32.2. The molecule has 1 rings (SSSR count). The lowest BCUT2D eigenvalue weighted by Gasteiger charge is -2.30. The maximum absolute atomic E-state index is 11.6. The molecule has 1 aliphatic rings. The summed E-state index contributed by atoms with van der Waals surface area (Å²) in [7, 11) is -3.01. The molecule has 0 aromatic heterocycles. The molecule has 0 bridgehead atoms. The van der Waals surface area contributed by atoms with Gasteiger partial charge in [-0.2, -0.15) is 0 Å². The molecular weight excluding hydrogens is 228 g/mol. The number of nitrogens with two attached hydrogens (primary N) is 1. The van der Waals surface area contributed by atoms with Crippen LogP contribution in [0, 0.1) is 0 Å². The highest BCUT2D eigenvalue weighted by molar-refractivity contribution is 7.89. The maximum atomic E-state index is 11.6. The Kier molecular flexibility index (Phi) is 5.68. The van der Waals surface area contributed by atoms with E-state index in [1.807, 2.05) is 0 Å². The SMILES string of the molecule is CCS(=O)(=O)N1CCC(OCCCN)CC1. The Labute approximate surface area is 98.0 Å². The molecule has 16 heavy (non-hydrogen) atoms. The van der Waals surface area contributed by atoms with Crippen molar-refractivity contribution in [2.75, 3.05) is 32.0 Å². The van der Waals surface area contributed by atoms with E-state index in [1.54, 1.807) is 11.2 Å². The van der Waals surface area contributed by atoms with Gasteiger partial charge in [0.15, 0.2) is 0 Å². The fraction of sp³-hybridized carbons (Fsp3) is 1.00. The molecule has 1 aliphatic heterocycles. The third-order valence-electron chi connectivity index (χ3n) is 2.86. The quantitative estimate of drug-likeness (QED) is 0.682. The number of hydrogen-bond donors (Lipinski definition) is 1. The second kappa shape index (κ2) is 6.54. The molecule has 0 radical (unpaired) electrons. The van der Waals surface area contributed by atoms with Gasteiger partial charge >= 0.3 is 0 Å². The molecule has 0 atom stereocenters. The van der Waals surface area contributed by atoms with Crippen molar-refractivity contribution >= 4 is 10.0 Å². The van der Waals surface area contributed by atoms with E-state index < -0.39 is 10.0 Å². The molecule has 5 nitrogen and oxygen atoms in total. The summed E-state index contributed by atoms with van der Waals surface area (Å²) in [6, 6.07) is 0. The van der Waals surface area contributed by atoms with E-state index >= 15 is 0 Å². The lowest BCUT2D eigenvalue weighted by atomic mass is 10.1. The Bertz CT molecular complexity index is 284. The first-order valence-corrected chi connectivity index (χ1v) is 7.50. The van der Waals surface area contributed by atoms with Crippen molar-refractivity contribution in [3.8, 4) is 0 Å². The monoisotopic (exact) mass is 250 g/mol. The van der Waals surface area contributed by atoms with Crippen LogP contribution in [0.25, 0.3) is 0 Å². The summed E-state index contributed by atoms with van der Waals surface area (Å²) in [6.45, 7) is 4.18. The van der Waals surface area contributed by atoms with Gasteiger partial charge in [0.25, 0.3) is 0 Å². The van der Waals surface area contributed by atoms with Crippen molar-refractivity contribution in [3.05, 3.63) is 0 Å². The Hall–Kier alpha value is -0.170. The second-order valence-corrected chi connectivity index (χ2v) is 6.27. The van der Waals surface area contributed by atoms with Gasteiger partial charge in [0.2, 0.25) is 10.0 Å². The number of ether oxygens (including phenoxy) is 1. The topological polar surface area (TPSA) is 72.6 Å². The normalized spacial score (nSPS) is 20.1. The lowest BCUT2D eigenvalue weighted by Crippen LogP contribution is -2.41. The summed E-state index contributed by atoms with van der Waals surface area (Å²) < 4.78 is 30.4. The van der Waals surface area contributed by atoms with Gasteiger partial charge in [-0.05, 0) is 32.7 Å². The molecular formula is C10H22N2O3S. The van der Waals surface area contributed by atoms with Crippen LogP contribution < -0.4 is 5.73 Å². The minimum absolute atomic E-state index is 0.186. The fourth-order valence-electron chi connectivity index (χ4n) is 1.79. The molecule has 1 fully saturated rings. The summed E-state index contributed by atoms with van der Waals surface area (Å²) in [5.41, 5.74) is 5.37. The van der Waals surface area contributed by atoms with Crippen LogP contribution in [0.5, 0.6) is 0 Å². The fourth-order valence-corrected chi connectivity index (χ4v) is 2.93. The van der Waals surface area contributed by atoms with Gasteiger partial charge < -0.3 is 10.5 Å². The van der Waals surface area contributed by atoms with Gasteiger partial charge in [-0.3, -0.25) is 0 Å².